The molecule has 0 aliphatic carbocycles. The highest BCUT2D eigenvalue weighted by Crippen LogP contribution is 2.24. The van der Waals surface area contributed by atoms with E-state index in [-0.39, 0.29) is 37.0 Å². The summed E-state index contributed by atoms with van der Waals surface area (Å²) in [7, 11) is 0. The normalized spacial score (nSPS) is 13.4. The molecule has 1 aliphatic heterocycles. The molecular weight excluding hydrogens is 532 g/mol. The van der Waals surface area contributed by atoms with E-state index in [0.29, 0.717) is 44.1 Å². The number of rotatable bonds is 8. The van der Waals surface area contributed by atoms with E-state index in [1.165, 1.54) is 9.13 Å². The van der Waals surface area contributed by atoms with Crippen LogP contribution in [0.3, 0.4) is 0 Å². The first-order valence-corrected chi connectivity index (χ1v) is 13.8. The fraction of sp³-hybridized carbons (Fsp3) is 0.250. The molecular formula is C32H30N6O4. The number of nitriles is 1. The van der Waals surface area contributed by atoms with Crippen LogP contribution in [-0.4, -0.2) is 60.9 Å². The Morgan fingerprint density at radius 3 is 2.50 bits per heavy atom. The van der Waals surface area contributed by atoms with Crippen LogP contribution in [0.25, 0.3) is 10.8 Å². The van der Waals surface area contributed by atoms with Crippen LogP contribution in [0.5, 0.6) is 5.88 Å². The minimum atomic E-state index is -0.406. The van der Waals surface area contributed by atoms with Crippen LogP contribution in [0, 0.1) is 11.3 Å². The predicted octanol–water partition coefficient (Wildman–Crippen LogP) is 3.12. The van der Waals surface area contributed by atoms with Crippen molar-refractivity contribution in [3.63, 3.8) is 0 Å². The van der Waals surface area contributed by atoms with Crippen LogP contribution in [0.1, 0.15) is 28.1 Å². The van der Waals surface area contributed by atoms with E-state index < -0.39 is 5.69 Å². The molecule has 1 fully saturated rings. The van der Waals surface area contributed by atoms with E-state index >= 15 is 0 Å². The summed E-state index contributed by atoms with van der Waals surface area (Å²) in [5.41, 5.74) is 3.05. The zero-order valence-electron chi connectivity index (χ0n) is 23.0. The van der Waals surface area contributed by atoms with E-state index in [1.54, 1.807) is 29.6 Å². The number of aromatic nitrogens is 4. The summed E-state index contributed by atoms with van der Waals surface area (Å²) in [5.74, 6) is -0.392. The molecule has 1 aliphatic rings. The van der Waals surface area contributed by atoms with Gasteiger partial charge in [0.05, 0.1) is 62.1 Å². The molecule has 0 spiro atoms. The van der Waals surface area contributed by atoms with Crippen LogP contribution in [0.2, 0.25) is 0 Å². The summed E-state index contributed by atoms with van der Waals surface area (Å²) in [4.78, 5) is 33.2. The summed E-state index contributed by atoms with van der Waals surface area (Å²) in [6, 6.07) is 23.3. The fourth-order valence-corrected chi connectivity index (χ4v) is 5.44. The van der Waals surface area contributed by atoms with Crippen molar-refractivity contribution in [3.8, 4) is 11.9 Å². The number of hydrogen-bond donors (Lipinski definition) is 1. The summed E-state index contributed by atoms with van der Waals surface area (Å²) < 4.78 is 10.1. The third kappa shape index (κ3) is 5.42. The molecule has 3 aromatic carbocycles. The van der Waals surface area contributed by atoms with Gasteiger partial charge in [-0.2, -0.15) is 5.26 Å². The second kappa shape index (κ2) is 11.8. The quantitative estimate of drug-likeness (QED) is 0.311. The third-order valence-electron chi connectivity index (χ3n) is 7.75. The molecule has 6 rings (SSSR count). The van der Waals surface area contributed by atoms with Crippen molar-refractivity contribution in [2.45, 2.75) is 26.1 Å². The lowest BCUT2D eigenvalue weighted by molar-refractivity contribution is -0.134. The van der Waals surface area contributed by atoms with Gasteiger partial charge >= 0.3 is 5.69 Å². The third-order valence-corrected chi connectivity index (χ3v) is 7.75. The topological polar surface area (TPSA) is 118 Å². The van der Waals surface area contributed by atoms with Crippen LogP contribution in [-0.2, 0) is 35.6 Å². The molecule has 1 saturated heterocycles. The van der Waals surface area contributed by atoms with E-state index in [2.05, 4.69) is 11.1 Å². The fourth-order valence-electron chi connectivity index (χ4n) is 5.44. The van der Waals surface area contributed by atoms with Gasteiger partial charge in [-0.3, -0.25) is 13.9 Å². The Morgan fingerprint density at radius 2 is 1.71 bits per heavy atom. The summed E-state index contributed by atoms with van der Waals surface area (Å²) >= 11 is 0. The Morgan fingerprint density at radius 1 is 0.952 bits per heavy atom. The van der Waals surface area contributed by atoms with Crippen LogP contribution < -0.4 is 5.69 Å². The van der Waals surface area contributed by atoms with E-state index in [4.69, 9.17) is 10.00 Å². The molecule has 0 unspecified atom stereocenters. The molecule has 0 atom stereocenters. The number of fused-ring (bicyclic) bond motifs is 1. The molecule has 0 bridgehead atoms. The molecule has 5 aromatic rings. The van der Waals surface area contributed by atoms with Gasteiger partial charge in [0.1, 0.15) is 0 Å². The Bertz CT molecular complexity index is 1830. The maximum atomic E-state index is 13.9. The summed E-state index contributed by atoms with van der Waals surface area (Å²) in [6.07, 6.45) is 3.23. The van der Waals surface area contributed by atoms with Crippen molar-refractivity contribution in [1.29, 1.82) is 5.26 Å². The Kier molecular flexibility index (Phi) is 7.58. The highest BCUT2D eigenvalue weighted by atomic mass is 16.5. The maximum absolute atomic E-state index is 13.9. The lowest BCUT2D eigenvalue weighted by atomic mass is 10.0. The predicted molar refractivity (Wildman–Crippen MR) is 156 cm³/mol. The molecule has 10 nitrogen and oxygen atoms in total. The molecule has 212 valence electrons. The summed E-state index contributed by atoms with van der Waals surface area (Å²) in [6.45, 7) is 2.63. The number of morpholine rings is 1. The number of carbonyl (C=O) groups excluding carboxylic acids is 1. The van der Waals surface area contributed by atoms with Gasteiger partial charge in [-0.1, -0.05) is 54.6 Å². The van der Waals surface area contributed by atoms with Gasteiger partial charge < -0.3 is 19.3 Å². The largest absolute Gasteiger partial charge is 0.493 e. The first-order chi connectivity index (χ1) is 20.5. The first-order valence-electron chi connectivity index (χ1n) is 13.8. The monoisotopic (exact) mass is 562 g/mol. The number of benzene rings is 3. The average Bonchev–Trinajstić information content (AvgIpc) is 3.55. The van der Waals surface area contributed by atoms with E-state index in [0.717, 1.165) is 21.9 Å². The molecule has 3 heterocycles. The first kappa shape index (κ1) is 27.1. The lowest BCUT2D eigenvalue weighted by Gasteiger charge is -2.27. The lowest BCUT2D eigenvalue weighted by Crippen LogP contribution is -2.41. The van der Waals surface area contributed by atoms with E-state index in [1.807, 2.05) is 59.2 Å². The van der Waals surface area contributed by atoms with E-state index in [9.17, 15) is 14.7 Å². The van der Waals surface area contributed by atoms with Crippen molar-refractivity contribution in [3.05, 3.63) is 118 Å². The second-order valence-corrected chi connectivity index (χ2v) is 10.4. The highest BCUT2D eigenvalue weighted by molar-refractivity contribution is 5.85. The number of amides is 1. The minimum absolute atomic E-state index is 0.0717. The zero-order chi connectivity index (χ0) is 29.1. The van der Waals surface area contributed by atoms with Gasteiger partial charge in [0, 0.05) is 25.8 Å². The molecule has 1 N–H and O–H groups in total. The van der Waals surface area contributed by atoms with Gasteiger partial charge in [-0.05, 0) is 34.0 Å². The SMILES string of the molecule is N#Cc1ccc(Cn2cncc2Cn2c(O)c(CC(=O)N3CCOCC3)n(Cc3cccc4ccccc34)c2=O)cc1. The van der Waals surface area contributed by atoms with Gasteiger partial charge in [0.15, 0.2) is 0 Å². The molecule has 1 amide bonds. The van der Waals surface area contributed by atoms with Crippen molar-refractivity contribution >= 4 is 16.7 Å². The zero-order valence-corrected chi connectivity index (χ0v) is 23.0. The van der Waals surface area contributed by atoms with Crippen molar-refractivity contribution < 1.29 is 14.6 Å². The number of ether oxygens (including phenoxy) is 1. The molecule has 0 saturated carbocycles. The number of nitrogens with zero attached hydrogens (tertiary/aromatic N) is 6. The highest BCUT2D eigenvalue weighted by Gasteiger charge is 2.26. The minimum Gasteiger partial charge on any atom is -0.493 e. The van der Waals surface area contributed by atoms with Crippen molar-refractivity contribution in [1.82, 2.24) is 23.6 Å². The van der Waals surface area contributed by atoms with Gasteiger partial charge in [-0.15, -0.1) is 0 Å². The number of carbonyl (C=O) groups is 1. The number of hydrogen-bond acceptors (Lipinski definition) is 6. The van der Waals surface area contributed by atoms with Crippen LogP contribution in [0.15, 0.2) is 84.0 Å². The van der Waals surface area contributed by atoms with Gasteiger partial charge in [-0.25, -0.2) is 9.78 Å². The van der Waals surface area contributed by atoms with Crippen LogP contribution >= 0.6 is 0 Å². The van der Waals surface area contributed by atoms with Gasteiger partial charge in [0.2, 0.25) is 11.8 Å². The standard InChI is InChI=1S/C32H30N6O4/c33-17-23-8-10-24(11-9-23)19-36-22-34-18-27(36)21-38-31(40)29(16-30(39)35-12-14-42-15-13-35)37(32(38)41)20-26-6-3-5-25-4-1-2-7-28(25)26/h1-11,18,22,40H,12-16,19-21H2. The average molecular weight is 563 g/mol. The van der Waals surface area contributed by atoms with Crippen molar-refractivity contribution in [2.24, 2.45) is 0 Å². The molecule has 42 heavy (non-hydrogen) atoms. The molecule has 10 heteroatoms. The second-order valence-electron chi connectivity index (χ2n) is 10.4. The Hall–Kier alpha value is -5.14. The Balaban J connectivity index is 1.36. The van der Waals surface area contributed by atoms with Gasteiger partial charge in [0.25, 0.3) is 0 Å². The Labute approximate surface area is 242 Å². The summed E-state index contributed by atoms with van der Waals surface area (Å²) in [5, 5.41) is 22.6. The van der Waals surface area contributed by atoms with Crippen molar-refractivity contribution in [2.75, 3.05) is 26.3 Å². The maximum Gasteiger partial charge on any atom is 0.331 e. The number of aromatic hydroxyl groups is 1. The van der Waals surface area contributed by atoms with Crippen LogP contribution in [0.4, 0.5) is 0 Å². The molecule has 2 aromatic heterocycles. The number of imidazole rings is 2. The smallest absolute Gasteiger partial charge is 0.331 e. The molecule has 0 radical (unpaired) electrons.